The van der Waals surface area contributed by atoms with E-state index in [0.29, 0.717) is 30.0 Å². The molecule has 2 aliphatic heterocycles. The van der Waals surface area contributed by atoms with E-state index in [1.807, 2.05) is 19.9 Å². The summed E-state index contributed by atoms with van der Waals surface area (Å²) in [6, 6.07) is 5.50. The number of aryl methyl sites for hydroxylation is 1. The summed E-state index contributed by atoms with van der Waals surface area (Å²) < 4.78 is 44.1. The molecule has 4 amide bonds. The van der Waals surface area contributed by atoms with Crippen LogP contribution < -0.4 is 10.1 Å². The summed E-state index contributed by atoms with van der Waals surface area (Å²) >= 11 is 0. The number of halogens is 2. The van der Waals surface area contributed by atoms with Gasteiger partial charge in [-0.3, -0.25) is 19.2 Å². The third kappa shape index (κ3) is 10.5. The molecule has 13 nitrogen and oxygen atoms in total. The number of carbonyl (C=O) groups is 5. The molecule has 2 saturated heterocycles. The van der Waals surface area contributed by atoms with Gasteiger partial charge in [0.05, 0.1) is 25.3 Å². The highest BCUT2D eigenvalue weighted by atomic mass is 19.3. The molecule has 1 aromatic carbocycles. The molecule has 0 bridgehead atoms. The monoisotopic (exact) mass is 729 g/mol. The second kappa shape index (κ2) is 17.8. The summed E-state index contributed by atoms with van der Waals surface area (Å²) in [7, 11) is 0. The van der Waals surface area contributed by atoms with Gasteiger partial charge in [-0.25, -0.2) is 18.6 Å². The van der Waals surface area contributed by atoms with Crippen molar-refractivity contribution in [3.8, 4) is 5.75 Å². The molecule has 1 atom stereocenters. The molecular weight excluding hydrogens is 680 g/mol. The van der Waals surface area contributed by atoms with Crippen LogP contribution in [0.25, 0.3) is 10.9 Å². The summed E-state index contributed by atoms with van der Waals surface area (Å²) in [4.78, 5) is 74.3. The average molecular weight is 730 g/mol. The van der Waals surface area contributed by atoms with E-state index in [2.05, 4.69) is 10.3 Å². The fourth-order valence-electron chi connectivity index (χ4n) is 6.66. The number of benzene rings is 1. The SMILES string of the molecule is CCCCOC(=O)N1CCN(C(=O)[C@H](CCC(=O)OCC2CCCC2)NC(=O)c2cc(OCC(=O)N3CCC(F)(F)C3)c3ccc(C)cc3n2)CC1. The topological polar surface area (TPSA) is 148 Å². The number of fused-ring (bicyclic) bond motifs is 1. The van der Waals surface area contributed by atoms with Crippen molar-refractivity contribution in [3.05, 3.63) is 35.5 Å². The predicted octanol–water partition coefficient (Wildman–Crippen LogP) is 4.48. The zero-order chi connectivity index (χ0) is 37.3. The lowest BCUT2D eigenvalue weighted by Crippen LogP contribution is -2.56. The number of ether oxygens (including phenoxy) is 3. The predicted molar refractivity (Wildman–Crippen MR) is 186 cm³/mol. The lowest BCUT2D eigenvalue weighted by Gasteiger charge is -2.36. The minimum atomic E-state index is -2.95. The highest BCUT2D eigenvalue weighted by Crippen LogP contribution is 2.29. The highest BCUT2D eigenvalue weighted by Gasteiger charge is 2.40. The van der Waals surface area contributed by atoms with Gasteiger partial charge in [0.2, 0.25) is 5.91 Å². The smallest absolute Gasteiger partial charge is 0.409 e. The Kier molecular flexibility index (Phi) is 13.2. The first kappa shape index (κ1) is 38.7. The number of alkyl halides is 2. The Bertz CT molecular complexity index is 1610. The van der Waals surface area contributed by atoms with Crippen molar-refractivity contribution >= 4 is 40.7 Å². The number of likely N-dealkylation sites (tertiary alicyclic amines) is 1. The van der Waals surface area contributed by atoms with E-state index in [1.54, 1.807) is 17.0 Å². The van der Waals surface area contributed by atoms with E-state index < -0.39 is 61.3 Å². The van der Waals surface area contributed by atoms with Crippen LogP contribution >= 0.6 is 0 Å². The van der Waals surface area contributed by atoms with E-state index in [1.165, 1.54) is 11.0 Å². The maximum absolute atomic E-state index is 13.9. The number of nitrogens with one attached hydrogen (secondary N) is 1. The van der Waals surface area contributed by atoms with E-state index in [4.69, 9.17) is 14.2 Å². The number of hydrogen-bond acceptors (Lipinski definition) is 9. The molecule has 5 rings (SSSR count). The molecule has 284 valence electrons. The van der Waals surface area contributed by atoms with E-state index in [0.717, 1.165) is 49.0 Å². The van der Waals surface area contributed by atoms with Crippen molar-refractivity contribution in [1.82, 2.24) is 25.0 Å². The molecule has 3 fully saturated rings. The highest BCUT2D eigenvalue weighted by molar-refractivity contribution is 5.99. The number of aromatic nitrogens is 1. The number of nitrogens with zero attached hydrogens (tertiary/aromatic N) is 4. The van der Waals surface area contributed by atoms with Gasteiger partial charge >= 0.3 is 12.1 Å². The van der Waals surface area contributed by atoms with Crippen molar-refractivity contribution in [2.75, 3.05) is 59.1 Å². The van der Waals surface area contributed by atoms with Crippen LogP contribution in [0.2, 0.25) is 0 Å². The zero-order valence-corrected chi connectivity index (χ0v) is 30.0. The van der Waals surface area contributed by atoms with Crippen LogP contribution in [0.5, 0.6) is 5.75 Å². The van der Waals surface area contributed by atoms with Gasteiger partial charge in [0.1, 0.15) is 17.5 Å². The van der Waals surface area contributed by atoms with Crippen molar-refractivity contribution in [1.29, 1.82) is 0 Å². The number of amides is 4. The largest absolute Gasteiger partial charge is 0.483 e. The van der Waals surface area contributed by atoms with Gasteiger partial charge in [-0.05, 0) is 56.2 Å². The third-order valence-electron chi connectivity index (χ3n) is 9.80. The molecule has 1 aliphatic carbocycles. The molecule has 0 unspecified atom stereocenters. The summed E-state index contributed by atoms with van der Waals surface area (Å²) in [5, 5.41) is 3.26. The van der Waals surface area contributed by atoms with E-state index in [9.17, 15) is 32.8 Å². The van der Waals surface area contributed by atoms with Crippen molar-refractivity contribution in [2.45, 2.75) is 83.6 Å². The Labute approximate surface area is 302 Å². The van der Waals surface area contributed by atoms with Crippen LogP contribution in [-0.2, 0) is 23.9 Å². The first-order valence-corrected chi connectivity index (χ1v) is 18.3. The van der Waals surface area contributed by atoms with Crippen LogP contribution in [-0.4, -0.2) is 121 Å². The van der Waals surface area contributed by atoms with Gasteiger partial charge in [-0.2, -0.15) is 0 Å². The number of pyridine rings is 1. The molecule has 3 aliphatic rings. The summed E-state index contributed by atoms with van der Waals surface area (Å²) in [6.45, 7) is 4.13. The molecule has 3 heterocycles. The molecule has 52 heavy (non-hydrogen) atoms. The van der Waals surface area contributed by atoms with Crippen molar-refractivity contribution in [2.24, 2.45) is 5.92 Å². The summed E-state index contributed by atoms with van der Waals surface area (Å²) in [5.74, 6) is -4.68. The average Bonchev–Trinajstić information content (AvgIpc) is 3.80. The van der Waals surface area contributed by atoms with Crippen molar-refractivity contribution < 1.29 is 47.0 Å². The number of esters is 1. The molecule has 0 spiro atoms. The molecule has 1 N–H and O–H groups in total. The van der Waals surface area contributed by atoms with Gasteiger partial charge in [-0.1, -0.05) is 32.3 Å². The fourth-order valence-corrected chi connectivity index (χ4v) is 6.66. The standard InChI is InChI=1S/C37H49F2N5O8/c1-3-4-19-50-36(49)43-17-15-42(16-18-43)35(48)28(11-12-33(46)52-22-26-7-5-6-8-26)41-34(47)30-21-31(27-10-9-25(2)20-29(27)40-30)51-23-32(45)44-14-13-37(38,39)24-44/h9-10,20-21,26,28H,3-8,11-19,22-24H2,1-2H3,(H,41,47)/t28-/m0/s1. The second-order valence-electron chi connectivity index (χ2n) is 13.9. The molecule has 15 heteroatoms. The first-order valence-electron chi connectivity index (χ1n) is 18.3. The van der Waals surface area contributed by atoms with Crippen LogP contribution in [0.15, 0.2) is 24.3 Å². The molecular formula is C37H49F2N5O8. The first-order chi connectivity index (χ1) is 24.9. The normalized spacial score (nSPS) is 18.0. The van der Waals surface area contributed by atoms with Crippen LogP contribution in [0.1, 0.15) is 80.8 Å². The maximum atomic E-state index is 13.9. The number of piperazine rings is 1. The number of unbranched alkanes of at least 4 members (excludes halogenated alkanes) is 1. The van der Waals surface area contributed by atoms with E-state index in [-0.39, 0.29) is 57.0 Å². The zero-order valence-electron chi connectivity index (χ0n) is 30.0. The minimum absolute atomic E-state index is 0.0294. The molecule has 2 aromatic rings. The lowest BCUT2D eigenvalue weighted by molar-refractivity contribution is -0.145. The van der Waals surface area contributed by atoms with Gasteiger partial charge in [0, 0.05) is 57.0 Å². The van der Waals surface area contributed by atoms with Crippen LogP contribution in [0.4, 0.5) is 13.6 Å². The van der Waals surface area contributed by atoms with Crippen LogP contribution in [0, 0.1) is 12.8 Å². The fraction of sp³-hybridized carbons (Fsp3) is 0.622. The quantitative estimate of drug-likeness (QED) is 0.220. The Morgan fingerprint density at radius 2 is 1.71 bits per heavy atom. The molecule has 1 aromatic heterocycles. The van der Waals surface area contributed by atoms with Gasteiger partial charge in [0.25, 0.3) is 17.7 Å². The van der Waals surface area contributed by atoms with Gasteiger partial charge in [0.15, 0.2) is 6.61 Å². The third-order valence-corrected chi connectivity index (χ3v) is 9.80. The molecule has 1 saturated carbocycles. The van der Waals surface area contributed by atoms with Gasteiger partial charge < -0.3 is 34.2 Å². The van der Waals surface area contributed by atoms with Crippen LogP contribution in [0.3, 0.4) is 0 Å². The number of rotatable bonds is 14. The Balaban J connectivity index is 1.29. The van der Waals surface area contributed by atoms with Gasteiger partial charge in [-0.15, -0.1) is 0 Å². The Hall–Kier alpha value is -4.56. The van der Waals surface area contributed by atoms with Crippen molar-refractivity contribution in [3.63, 3.8) is 0 Å². The number of carbonyl (C=O) groups excluding carboxylic acids is 5. The Morgan fingerprint density at radius 3 is 2.40 bits per heavy atom. The summed E-state index contributed by atoms with van der Waals surface area (Å²) in [6.07, 6.45) is 4.89. The second-order valence-corrected chi connectivity index (χ2v) is 13.9. The lowest BCUT2D eigenvalue weighted by atomic mass is 10.1. The minimum Gasteiger partial charge on any atom is -0.483 e. The molecule has 0 radical (unpaired) electrons. The maximum Gasteiger partial charge on any atom is 0.409 e. The number of hydrogen-bond donors (Lipinski definition) is 1. The van der Waals surface area contributed by atoms with E-state index >= 15 is 0 Å². The Morgan fingerprint density at radius 1 is 0.981 bits per heavy atom. The summed E-state index contributed by atoms with van der Waals surface area (Å²) in [5.41, 5.74) is 1.13.